The van der Waals surface area contributed by atoms with Crippen molar-refractivity contribution >= 4 is 22.1 Å². The lowest BCUT2D eigenvalue weighted by molar-refractivity contribution is -0.121. The molecule has 0 unspecified atom stereocenters. The van der Waals surface area contributed by atoms with E-state index in [9.17, 15) is 13.2 Å². The Morgan fingerprint density at radius 3 is 2.37 bits per heavy atom. The molecule has 0 aliphatic heterocycles. The highest BCUT2D eigenvalue weighted by molar-refractivity contribution is 7.89. The number of rotatable bonds is 9. The number of amides is 1. The van der Waals surface area contributed by atoms with Gasteiger partial charge in [0.2, 0.25) is 10.0 Å². The van der Waals surface area contributed by atoms with E-state index in [-0.39, 0.29) is 18.0 Å². The summed E-state index contributed by atoms with van der Waals surface area (Å²) in [5.41, 5.74) is 4.08. The van der Waals surface area contributed by atoms with E-state index in [1.165, 1.54) is 22.7 Å². The number of pyridine rings is 1. The summed E-state index contributed by atoms with van der Waals surface area (Å²) in [4.78, 5) is 16.5. The maximum atomic E-state index is 13.1. The van der Waals surface area contributed by atoms with E-state index in [4.69, 9.17) is 0 Å². The number of carbonyl (C=O) groups excluding carboxylic acids is 1. The van der Waals surface area contributed by atoms with Crippen LogP contribution in [0.4, 0.5) is 0 Å². The Hall–Kier alpha value is -3.36. The number of sulfonamides is 1. The number of carbonyl (C=O) groups is 1. The van der Waals surface area contributed by atoms with Crippen LogP contribution in [0.25, 0.3) is 0 Å². The Kier molecular flexibility index (Phi) is 7.42. The standard InChI is InChI=1S/C22H22N4O3S/c27-22(25-24-17-20-10-7-14-23-16-20)18-26(15-13-19-8-3-1-4-9-19)30(28,29)21-11-5-2-6-12-21/h1-12,14,16-17H,13,15,18H2,(H,25,27)/b24-17-. The molecular formula is C22H22N4O3S. The van der Waals surface area contributed by atoms with E-state index in [0.717, 1.165) is 11.1 Å². The fraction of sp³-hybridized carbons (Fsp3) is 0.136. The maximum Gasteiger partial charge on any atom is 0.255 e. The highest BCUT2D eigenvalue weighted by Gasteiger charge is 2.26. The minimum absolute atomic E-state index is 0.143. The van der Waals surface area contributed by atoms with Crippen molar-refractivity contribution in [2.45, 2.75) is 11.3 Å². The number of aromatic nitrogens is 1. The molecule has 0 radical (unpaired) electrons. The average Bonchev–Trinajstić information content (AvgIpc) is 2.78. The molecule has 3 aromatic rings. The van der Waals surface area contributed by atoms with Gasteiger partial charge in [0.1, 0.15) is 0 Å². The van der Waals surface area contributed by atoms with Gasteiger partial charge in [-0.2, -0.15) is 9.41 Å². The summed E-state index contributed by atoms with van der Waals surface area (Å²) in [6.45, 7) is -0.171. The van der Waals surface area contributed by atoms with Crippen molar-refractivity contribution in [1.29, 1.82) is 0 Å². The summed E-state index contributed by atoms with van der Waals surface area (Å²) in [5, 5.41) is 3.88. The van der Waals surface area contributed by atoms with Crippen LogP contribution < -0.4 is 5.43 Å². The molecule has 1 aromatic heterocycles. The summed E-state index contributed by atoms with van der Waals surface area (Å²) >= 11 is 0. The van der Waals surface area contributed by atoms with Gasteiger partial charge in [-0.1, -0.05) is 54.6 Å². The number of nitrogens with one attached hydrogen (secondary N) is 1. The second kappa shape index (κ2) is 10.4. The largest absolute Gasteiger partial charge is 0.272 e. The van der Waals surface area contributed by atoms with Gasteiger partial charge in [-0.05, 0) is 30.2 Å². The van der Waals surface area contributed by atoms with Crippen molar-refractivity contribution in [2.75, 3.05) is 13.1 Å². The number of nitrogens with zero attached hydrogens (tertiary/aromatic N) is 3. The van der Waals surface area contributed by atoms with Crippen LogP contribution in [0, 0.1) is 0 Å². The van der Waals surface area contributed by atoms with E-state index < -0.39 is 15.9 Å². The van der Waals surface area contributed by atoms with Crippen LogP contribution >= 0.6 is 0 Å². The van der Waals surface area contributed by atoms with Crippen LogP contribution in [0.5, 0.6) is 0 Å². The Labute approximate surface area is 176 Å². The van der Waals surface area contributed by atoms with Crippen molar-refractivity contribution < 1.29 is 13.2 Å². The summed E-state index contributed by atoms with van der Waals surface area (Å²) in [5.74, 6) is -0.525. The van der Waals surface area contributed by atoms with Gasteiger partial charge < -0.3 is 0 Å². The Morgan fingerprint density at radius 1 is 1.00 bits per heavy atom. The van der Waals surface area contributed by atoms with Crippen molar-refractivity contribution in [1.82, 2.24) is 14.7 Å². The van der Waals surface area contributed by atoms with Gasteiger partial charge in [0.15, 0.2) is 0 Å². The second-order valence-corrected chi connectivity index (χ2v) is 8.40. The molecule has 1 amide bonds. The lowest BCUT2D eigenvalue weighted by Crippen LogP contribution is -2.40. The third-order valence-electron chi connectivity index (χ3n) is 4.28. The summed E-state index contributed by atoms with van der Waals surface area (Å²) in [6, 6.07) is 21.2. The molecule has 0 saturated carbocycles. The van der Waals surface area contributed by atoms with Crippen LogP contribution in [-0.4, -0.2) is 42.9 Å². The van der Waals surface area contributed by atoms with Gasteiger partial charge in [-0.25, -0.2) is 13.8 Å². The molecule has 8 heteroatoms. The molecule has 1 N–H and O–H groups in total. The highest BCUT2D eigenvalue weighted by Crippen LogP contribution is 2.16. The molecule has 0 aliphatic carbocycles. The van der Waals surface area contributed by atoms with E-state index in [0.29, 0.717) is 6.42 Å². The third kappa shape index (κ3) is 6.07. The van der Waals surface area contributed by atoms with Crippen LogP contribution in [0.15, 0.2) is 95.2 Å². The Bertz CT molecular complexity index is 1070. The van der Waals surface area contributed by atoms with E-state index in [1.807, 2.05) is 30.3 Å². The summed E-state index contributed by atoms with van der Waals surface area (Å²) in [6.07, 6.45) is 5.17. The lowest BCUT2D eigenvalue weighted by Gasteiger charge is -2.21. The Morgan fingerprint density at radius 2 is 1.70 bits per heavy atom. The van der Waals surface area contributed by atoms with Gasteiger partial charge in [0.05, 0.1) is 17.7 Å². The molecule has 0 spiro atoms. The van der Waals surface area contributed by atoms with E-state index in [2.05, 4.69) is 15.5 Å². The van der Waals surface area contributed by atoms with Gasteiger partial charge >= 0.3 is 0 Å². The van der Waals surface area contributed by atoms with Crippen LogP contribution in [0.2, 0.25) is 0 Å². The van der Waals surface area contributed by atoms with Gasteiger partial charge in [0, 0.05) is 24.5 Å². The molecule has 0 atom stereocenters. The van der Waals surface area contributed by atoms with Crippen molar-refractivity contribution in [3.63, 3.8) is 0 Å². The fourth-order valence-electron chi connectivity index (χ4n) is 2.75. The number of hydrogen-bond acceptors (Lipinski definition) is 5. The first-order valence-electron chi connectivity index (χ1n) is 9.37. The lowest BCUT2D eigenvalue weighted by atomic mass is 10.1. The molecule has 3 rings (SSSR count). The molecule has 0 saturated heterocycles. The quantitative estimate of drug-likeness (QED) is 0.424. The van der Waals surface area contributed by atoms with E-state index >= 15 is 0 Å². The second-order valence-electron chi connectivity index (χ2n) is 6.47. The van der Waals surface area contributed by atoms with Gasteiger partial charge in [0.25, 0.3) is 5.91 Å². The average molecular weight is 423 g/mol. The first-order valence-corrected chi connectivity index (χ1v) is 10.8. The number of hydrazone groups is 1. The van der Waals surface area contributed by atoms with Crippen LogP contribution in [0.3, 0.4) is 0 Å². The molecule has 154 valence electrons. The molecule has 0 aliphatic rings. The number of hydrogen-bond donors (Lipinski definition) is 1. The van der Waals surface area contributed by atoms with Crippen LogP contribution in [0.1, 0.15) is 11.1 Å². The first kappa shape index (κ1) is 21.4. The Balaban J connectivity index is 1.71. The molecule has 1 heterocycles. The van der Waals surface area contributed by atoms with Crippen LogP contribution in [-0.2, 0) is 21.2 Å². The highest BCUT2D eigenvalue weighted by atomic mass is 32.2. The SMILES string of the molecule is O=C(CN(CCc1ccccc1)S(=O)(=O)c1ccccc1)N/N=C\c1cccnc1. The first-order chi connectivity index (χ1) is 14.6. The molecule has 7 nitrogen and oxygen atoms in total. The third-order valence-corrected chi connectivity index (χ3v) is 6.14. The zero-order valence-electron chi connectivity index (χ0n) is 16.3. The predicted molar refractivity (Wildman–Crippen MR) is 115 cm³/mol. The fourth-order valence-corrected chi connectivity index (χ4v) is 4.17. The van der Waals surface area contributed by atoms with Crippen molar-refractivity contribution in [3.8, 4) is 0 Å². The summed E-state index contributed by atoms with van der Waals surface area (Å²) in [7, 11) is -3.83. The normalized spacial score (nSPS) is 11.6. The monoisotopic (exact) mass is 422 g/mol. The molecule has 0 fully saturated rings. The minimum Gasteiger partial charge on any atom is -0.272 e. The molecule has 0 bridgehead atoms. The number of benzene rings is 2. The zero-order chi connectivity index (χ0) is 21.2. The molecule has 2 aromatic carbocycles. The van der Waals surface area contributed by atoms with Crippen molar-refractivity contribution in [3.05, 3.63) is 96.3 Å². The molecule has 30 heavy (non-hydrogen) atoms. The maximum absolute atomic E-state index is 13.1. The van der Waals surface area contributed by atoms with Gasteiger partial charge in [-0.3, -0.25) is 9.78 Å². The topological polar surface area (TPSA) is 91.7 Å². The smallest absolute Gasteiger partial charge is 0.255 e. The molecular weight excluding hydrogens is 400 g/mol. The van der Waals surface area contributed by atoms with Crippen molar-refractivity contribution in [2.24, 2.45) is 5.10 Å². The summed E-state index contributed by atoms with van der Waals surface area (Å²) < 4.78 is 27.3. The zero-order valence-corrected chi connectivity index (χ0v) is 17.1. The van der Waals surface area contributed by atoms with Gasteiger partial charge in [-0.15, -0.1) is 0 Å². The minimum atomic E-state index is -3.83. The van der Waals surface area contributed by atoms with E-state index in [1.54, 1.807) is 42.7 Å². The predicted octanol–water partition coefficient (Wildman–Crippen LogP) is 2.47.